The first-order chi connectivity index (χ1) is 15.0. The third kappa shape index (κ3) is 4.49. The van der Waals surface area contributed by atoms with Gasteiger partial charge in [0.15, 0.2) is 12.0 Å². The fourth-order valence-electron chi connectivity index (χ4n) is 2.68. The molecule has 0 bridgehead atoms. The minimum atomic E-state index is -4.98. The van der Waals surface area contributed by atoms with Gasteiger partial charge in [-0.2, -0.15) is 13.2 Å². The number of carbonyl (C=O) groups is 1. The molecule has 13 heteroatoms. The zero-order valence-corrected chi connectivity index (χ0v) is 16.8. The van der Waals surface area contributed by atoms with Crippen molar-refractivity contribution in [1.29, 1.82) is 0 Å². The Morgan fingerprint density at radius 3 is 2.56 bits per heavy atom. The number of ether oxygens (including phenoxy) is 2. The normalized spacial score (nSPS) is 11.3. The molecule has 0 aliphatic rings. The van der Waals surface area contributed by atoms with E-state index in [1.165, 1.54) is 18.3 Å². The van der Waals surface area contributed by atoms with Crippen LogP contribution >= 0.6 is 11.6 Å². The number of hydrogen-bond acceptors (Lipinski definition) is 6. The summed E-state index contributed by atoms with van der Waals surface area (Å²) in [7, 11) is 0.790. The highest BCUT2D eigenvalue weighted by atomic mass is 35.5. The Hall–Kier alpha value is -3.67. The number of carbonyl (C=O) groups excluding carboxylic acids is 1. The van der Waals surface area contributed by atoms with Crippen LogP contribution in [0.2, 0.25) is 5.02 Å². The maximum Gasteiger partial charge on any atom is 0.431 e. The first-order valence-electron chi connectivity index (χ1n) is 8.63. The predicted octanol–water partition coefficient (Wildman–Crippen LogP) is 3.11. The maximum absolute atomic E-state index is 14.6. The summed E-state index contributed by atoms with van der Waals surface area (Å²) in [6.07, 6.45) is -3.17. The van der Waals surface area contributed by atoms with Crippen molar-refractivity contribution >= 4 is 17.9 Å². The molecule has 2 aromatic heterocycles. The molecule has 1 aromatic carbocycles. The lowest BCUT2D eigenvalue weighted by atomic mass is 10.2. The van der Waals surface area contributed by atoms with Crippen LogP contribution in [0.25, 0.3) is 5.69 Å². The SMILES string of the molecule is Cn1c(C(F)(F)F)cc(=O)n(-c2cc(Oc3cccnc3OCC=O)c(Cl)cc2F)c1=O. The van der Waals surface area contributed by atoms with E-state index in [0.717, 1.165) is 19.2 Å². The summed E-state index contributed by atoms with van der Waals surface area (Å²) in [4.78, 5) is 39.1. The van der Waals surface area contributed by atoms with Gasteiger partial charge >= 0.3 is 11.9 Å². The molecule has 3 rings (SSSR count). The number of halogens is 5. The topological polar surface area (TPSA) is 92.4 Å². The molecule has 168 valence electrons. The lowest BCUT2D eigenvalue weighted by Gasteiger charge is -2.16. The van der Waals surface area contributed by atoms with Crippen LogP contribution in [0.1, 0.15) is 5.69 Å². The van der Waals surface area contributed by atoms with Crippen LogP contribution in [0.15, 0.2) is 46.1 Å². The number of nitrogens with zero attached hydrogens (tertiary/aromatic N) is 3. The maximum atomic E-state index is 14.6. The van der Waals surface area contributed by atoms with Crippen LogP contribution in [0.5, 0.6) is 17.4 Å². The highest BCUT2D eigenvalue weighted by Crippen LogP contribution is 2.36. The standard InChI is InChI=1S/C19H12ClF4N3O5/c1-26-15(19(22,23)24)9-16(29)27(18(26)30)12-8-14(10(20)7-11(12)21)32-13-3-2-4-25-17(13)31-6-5-28/h2-5,7-9H,6H2,1H3. The van der Waals surface area contributed by atoms with Crippen LogP contribution in [0.4, 0.5) is 17.6 Å². The summed E-state index contributed by atoms with van der Waals surface area (Å²) in [6.45, 7) is -0.341. The van der Waals surface area contributed by atoms with E-state index in [0.29, 0.717) is 6.29 Å². The van der Waals surface area contributed by atoms with Crippen molar-refractivity contribution in [3.8, 4) is 23.1 Å². The fraction of sp³-hybridized carbons (Fsp3) is 0.158. The van der Waals surface area contributed by atoms with Crippen molar-refractivity contribution in [3.63, 3.8) is 0 Å². The fourth-order valence-corrected chi connectivity index (χ4v) is 2.87. The number of aromatic nitrogens is 3. The van der Waals surface area contributed by atoms with Gasteiger partial charge in [-0.05, 0) is 18.2 Å². The minimum absolute atomic E-state index is 0.0403. The number of aldehydes is 1. The van der Waals surface area contributed by atoms with Gasteiger partial charge in [0.25, 0.3) is 11.4 Å². The largest absolute Gasteiger partial charge is 0.467 e. The predicted molar refractivity (Wildman–Crippen MR) is 103 cm³/mol. The van der Waals surface area contributed by atoms with Crippen LogP contribution in [0, 0.1) is 5.82 Å². The summed E-state index contributed by atoms with van der Waals surface area (Å²) in [6, 6.07) is 4.60. The molecule has 32 heavy (non-hydrogen) atoms. The Bertz CT molecular complexity index is 1300. The van der Waals surface area contributed by atoms with Gasteiger partial charge < -0.3 is 9.47 Å². The number of alkyl halides is 3. The van der Waals surface area contributed by atoms with Crippen LogP contribution in [-0.4, -0.2) is 27.0 Å². The zero-order chi connectivity index (χ0) is 23.6. The summed E-state index contributed by atoms with van der Waals surface area (Å²) in [5, 5.41) is -0.284. The van der Waals surface area contributed by atoms with Gasteiger partial charge in [-0.25, -0.2) is 18.7 Å². The van der Waals surface area contributed by atoms with Crippen molar-refractivity contribution in [2.45, 2.75) is 6.18 Å². The molecule has 0 saturated heterocycles. The van der Waals surface area contributed by atoms with E-state index in [9.17, 15) is 31.9 Å². The van der Waals surface area contributed by atoms with E-state index in [1.807, 2.05) is 0 Å². The summed E-state index contributed by atoms with van der Waals surface area (Å²) in [5.41, 5.74) is -5.04. The Morgan fingerprint density at radius 1 is 1.19 bits per heavy atom. The van der Waals surface area contributed by atoms with Gasteiger partial charge in [-0.3, -0.25) is 14.2 Å². The van der Waals surface area contributed by atoms with Crippen LogP contribution in [-0.2, 0) is 18.0 Å². The Balaban J connectivity index is 2.14. The molecule has 0 spiro atoms. The van der Waals surface area contributed by atoms with Crippen LogP contribution < -0.4 is 20.7 Å². The Labute approximate surface area is 181 Å². The van der Waals surface area contributed by atoms with Gasteiger partial charge in [-0.15, -0.1) is 0 Å². The highest BCUT2D eigenvalue weighted by molar-refractivity contribution is 6.32. The van der Waals surface area contributed by atoms with Crippen molar-refractivity contribution in [2.75, 3.05) is 6.61 Å². The lowest BCUT2D eigenvalue weighted by Crippen LogP contribution is -2.41. The third-order valence-corrected chi connectivity index (χ3v) is 4.39. The number of pyridine rings is 1. The average molecular weight is 474 g/mol. The van der Waals surface area contributed by atoms with Crippen molar-refractivity contribution < 1.29 is 31.8 Å². The molecular weight excluding hydrogens is 462 g/mol. The molecule has 0 amide bonds. The molecule has 0 saturated carbocycles. The van der Waals surface area contributed by atoms with E-state index in [2.05, 4.69) is 4.98 Å². The third-order valence-electron chi connectivity index (χ3n) is 4.10. The molecule has 0 aliphatic carbocycles. The molecular formula is C19H12ClF4N3O5. The number of benzene rings is 1. The van der Waals surface area contributed by atoms with Crippen molar-refractivity contribution in [1.82, 2.24) is 14.1 Å². The first-order valence-corrected chi connectivity index (χ1v) is 9.01. The second-order valence-electron chi connectivity index (χ2n) is 6.16. The van der Waals surface area contributed by atoms with Gasteiger partial charge in [0.2, 0.25) is 0 Å². The summed E-state index contributed by atoms with van der Waals surface area (Å²) < 4.78 is 64.7. The molecule has 2 heterocycles. The quantitative estimate of drug-likeness (QED) is 0.403. The minimum Gasteiger partial charge on any atom is -0.467 e. The van der Waals surface area contributed by atoms with Gasteiger partial charge in [0, 0.05) is 25.4 Å². The van der Waals surface area contributed by atoms with Crippen molar-refractivity contribution in [2.24, 2.45) is 7.05 Å². The monoisotopic (exact) mass is 473 g/mol. The number of hydrogen-bond donors (Lipinski definition) is 0. The molecule has 8 nitrogen and oxygen atoms in total. The zero-order valence-electron chi connectivity index (χ0n) is 16.0. The first kappa shape index (κ1) is 23.0. The molecule has 0 unspecified atom stereocenters. The van der Waals surface area contributed by atoms with Crippen molar-refractivity contribution in [3.05, 3.63) is 73.9 Å². The van der Waals surface area contributed by atoms with Gasteiger partial charge in [0.05, 0.1) is 10.7 Å². The smallest absolute Gasteiger partial charge is 0.431 e. The van der Waals surface area contributed by atoms with E-state index in [1.54, 1.807) is 0 Å². The van der Waals surface area contributed by atoms with Gasteiger partial charge in [0.1, 0.15) is 23.9 Å². The molecule has 0 atom stereocenters. The van der Waals surface area contributed by atoms with E-state index in [4.69, 9.17) is 21.1 Å². The molecule has 0 N–H and O–H groups in total. The second-order valence-corrected chi connectivity index (χ2v) is 6.57. The van der Waals surface area contributed by atoms with E-state index < -0.39 is 34.6 Å². The van der Waals surface area contributed by atoms with Crippen LogP contribution in [0.3, 0.4) is 0 Å². The molecule has 3 aromatic rings. The van der Waals surface area contributed by atoms with E-state index >= 15 is 0 Å². The summed E-state index contributed by atoms with van der Waals surface area (Å²) >= 11 is 5.99. The number of rotatable bonds is 6. The second kappa shape index (κ2) is 8.83. The molecule has 0 fully saturated rings. The average Bonchev–Trinajstić information content (AvgIpc) is 2.72. The Morgan fingerprint density at radius 2 is 1.91 bits per heavy atom. The van der Waals surface area contributed by atoms with E-state index in [-0.39, 0.29) is 44.2 Å². The highest BCUT2D eigenvalue weighted by Gasteiger charge is 2.35. The molecule has 0 aliphatic heterocycles. The Kier molecular flexibility index (Phi) is 6.35. The molecule has 0 radical (unpaired) electrons. The lowest BCUT2D eigenvalue weighted by molar-refractivity contribution is -0.144. The van der Waals surface area contributed by atoms with Gasteiger partial charge in [-0.1, -0.05) is 11.6 Å². The summed E-state index contributed by atoms with van der Waals surface area (Å²) in [5.74, 6) is -1.57.